The molecule has 4 rings (SSSR count). The highest BCUT2D eigenvalue weighted by molar-refractivity contribution is 5.61. The molecule has 0 spiro atoms. The zero-order chi connectivity index (χ0) is 27.1. The van der Waals surface area contributed by atoms with Gasteiger partial charge in [-0.15, -0.1) is 0 Å². The van der Waals surface area contributed by atoms with Crippen molar-refractivity contribution < 1.29 is 26.7 Å². The molecule has 2 aliphatic rings. The summed E-state index contributed by atoms with van der Waals surface area (Å²) in [6, 6.07) is 9.38. The van der Waals surface area contributed by atoms with Gasteiger partial charge in [0.25, 0.3) is 0 Å². The second kappa shape index (κ2) is 13.5. The maximum Gasteiger partial charge on any atom is 0.194 e. The van der Waals surface area contributed by atoms with Crippen LogP contribution in [0.15, 0.2) is 54.4 Å². The highest BCUT2D eigenvalue weighted by atomic mass is 19.2. The standard InChI is InChI=1S/C32H37F5O/c1-2-3-4-5-28(33)31(36)25-13-11-23(12-14-25)22-7-9-24(10-8-22)26-15-17-27(38-20-26)16-6-21-18-29(34)32(37)30(35)19-21/h2-3,11-14,18-19,22,24,26-27H,4-10,15-17,20H2,1H3. The van der Waals surface area contributed by atoms with Crippen molar-refractivity contribution in [3.8, 4) is 0 Å². The predicted octanol–water partition coefficient (Wildman–Crippen LogP) is 9.77. The molecule has 1 saturated heterocycles. The predicted molar refractivity (Wildman–Crippen MR) is 141 cm³/mol. The van der Waals surface area contributed by atoms with E-state index in [1.165, 1.54) is 5.56 Å². The Morgan fingerprint density at radius 3 is 2.16 bits per heavy atom. The summed E-state index contributed by atoms with van der Waals surface area (Å²) in [7, 11) is 0. The molecule has 2 unspecified atom stereocenters. The van der Waals surface area contributed by atoms with Crippen molar-refractivity contribution in [3.05, 3.63) is 88.5 Å². The summed E-state index contributed by atoms with van der Waals surface area (Å²) >= 11 is 0. The molecule has 38 heavy (non-hydrogen) atoms. The molecule has 1 aliphatic carbocycles. The second-order valence-corrected chi connectivity index (χ2v) is 10.8. The molecule has 2 aromatic rings. The lowest BCUT2D eigenvalue weighted by Crippen LogP contribution is -2.32. The lowest BCUT2D eigenvalue weighted by molar-refractivity contribution is -0.0404. The van der Waals surface area contributed by atoms with Gasteiger partial charge in [-0.1, -0.05) is 36.4 Å². The fourth-order valence-corrected chi connectivity index (χ4v) is 5.97. The average molecular weight is 533 g/mol. The third-order valence-electron chi connectivity index (χ3n) is 8.28. The molecule has 1 nitrogen and oxygen atoms in total. The molecule has 6 heteroatoms. The van der Waals surface area contributed by atoms with Crippen LogP contribution in [0.5, 0.6) is 0 Å². The monoisotopic (exact) mass is 532 g/mol. The van der Waals surface area contributed by atoms with Gasteiger partial charge in [0.2, 0.25) is 0 Å². The lowest BCUT2D eigenvalue weighted by atomic mass is 9.72. The number of benzene rings is 2. The molecular weight excluding hydrogens is 495 g/mol. The molecule has 1 heterocycles. The second-order valence-electron chi connectivity index (χ2n) is 10.8. The van der Waals surface area contributed by atoms with Crippen LogP contribution in [0.1, 0.15) is 87.3 Å². The van der Waals surface area contributed by atoms with Crippen LogP contribution in [0.4, 0.5) is 22.0 Å². The largest absolute Gasteiger partial charge is 0.378 e. The van der Waals surface area contributed by atoms with Crippen molar-refractivity contribution in [3.63, 3.8) is 0 Å². The maximum atomic E-state index is 14.4. The fraction of sp³-hybridized carbons (Fsp3) is 0.500. The molecule has 0 bridgehead atoms. The summed E-state index contributed by atoms with van der Waals surface area (Å²) in [6.45, 7) is 2.56. The Bertz CT molecular complexity index is 1080. The van der Waals surface area contributed by atoms with E-state index in [1.54, 1.807) is 12.1 Å². The van der Waals surface area contributed by atoms with E-state index in [4.69, 9.17) is 4.74 Å². The van der Waals surface area contributed by atoms with Crippen LogP contribution in [0.25, 0.3) is 5.83 Å². The number of halogens is 5. The Morgan fingerprint density at radius 1 is 0.895 bits per heavy atom. The van der Waals surface area contributed by atoms with E-state index in [0.29, 0.717) is 54.7 Å². The Hall–Kier alpha value is -2.47. The van der Waals surface area contributed by atoms with Crippen LogP contribution >= 0.6 is 0 Å². The minimum absolute atomic E-state index is 0.0553. The van der Waals surface area contributed by atoms with Crippen LogP contribution in [0.3, 0.4) is 0 Å². The highest BCUT2D eigenvalue weighted by Gasteiger charge is 2.32. The topological polar surface area (TPSA) is 9.23 Å². The number of hydrogen-bond acceptors (Lipinski definition) is 1. The van der Waals surface area contributed by atoms with Crippen LogP contribution < -0.4 is 0 Å². The van der Waals surface area contributed by atoms with Gasteiger partial charge in [0.1, 0.15) is 5.83 Å². The lowest BCUT2D eigenvalue weighted by Gasteiger charge is -2.38. The van der Waals surface area contributed by atoms with Gasteiger partial charge in [-0.3, -0.25) is 0 Å². The van der Waals surface area contributed by atoms with E-state index in [-0.39, 0.29) is 12.5 Å². The molecule has 2 atom stereocenters. The third-order valence-corrected chi connectivity index (χ3v) is 8.28. The summed E-state index contributed by atoms with van der Waals surface area (Å²) < 4.78 is 74.7. The normalized spacial score (nSPS) is 25.0. The molecule has 0 aromatic heterocycles. The smallest absolute Gasteiger partial charge is 0.194 e. The van der Waals surface area contributed by atoms with E-state index in [0.717, 1.165) is 50.7 Å². The minimum atomic E-state index is -1.43. The Balaban J connectivity index is 1.21. The third kappa shape index (κ3) is 7.34. The summed E-state index contributed by atoms with van der Waals surface area (Å²) in [5.74, 6) is -3.64. The Labute approximate surface area is 222 Å². The zero-order valence-electron chi connectivity index (χ0n) is 22.0. The van der Waals surface area contributed by atoms with Crippen LogP contribution in [0.2, 0.25) is 0 Å². The Morgan fingerprint density at radius 2 is 1.55 bits per heavy atom. The zero-order valence-corrected chi connectivity index (χ0v) is 22.0. The summed E-state index contributed by atoms with van der Waals surface area (Å²) in [5, 5.41) is 0. The molecule has 0 N–H and O–H groups in total. The number of allylic oxidation sites excluding steroid dienone is 3. The van der Waals surface area contributed by atoms with Crippen molar-refractivity contribution >= 4 is 5.83 Å². The van der Waals surface area contributed by atoms with E-state index < -0.39 is 29.1 Å². The number of hydrogen-bond donors (Lipinski definition) is 0. The van der Waals surface area contributed by atoms with Crippen molar-refractivity contribution in [1.29, 1.82) is 0 Å². The van der Waals surface area contributed by atoms with Crippen molar-refractivity contribution in [1.82, 2.24) is 0 Å². The summed E-state index contributed by atoms with van der Waals surface area (Å²) in [6.07, 6.45) is 11.8. The van der Waals surface area contributed by atoms with Gasteiger partial charge < -0.3 is 4.74 Å². The van der Waals surface area contributed by atoms with Crippen LogP contribution in [0, 0.1) is 29.3 Å². The van der Waals surface area contributed by atoms with Crippen molar-refractivity contribution in [2.45, 2.75) is 83.2 Å². The average Bonchev–Trinajstić information content (AvgIpc) is 2.95. The molecule has 1 aliphatic heterocycles. The first kappa shape index (κ1) is 28.5. The van der Waals surface area contributed by atoms with Gasteiger partial charge in [-0.05, 0) is 106 Å². The van der Waals surface area contributed by atoms with Gasteiger partial charge in [0.15, 0.2) is 23.3 Å². The highest BCUT2D eigenvalue weighted by Crippen LogP contribution is 2.42. The summed E-state index contributed by atoms with van der Waals surface area (Å²) in [5.41, 5.74) is 1.93. The van der Waals surface area contributed by atoms with E-state index in [1.807, 2.05) is 31.2 Å². The van der Waals surface area contributed by atoms with E-state index in [2.05, 4.69) is 0 Å². The quantitative estimate of drug-likeness (QED) is 0.177. The first-order chi connectivity index (χ1) is 18.4. The molecule has 0 radical (unpaired) electrons. The first-order valence-corrected chi connectivity index (χ1v) is 13.9. The van der Waals surface area contributed by atoms with E-state index >= 15 is 0 Å². The fourth-order valence-electron chi connectivity index (χ4n) is 5.97. The van der Waals surface area contributed by atoms with Gasteiger partial charge in [-0.2, -0.15) is 0 Å². The number of ether oxygens (including phenoxy) is 1. The number of rotatable bonds is 9. The first-order valence-electron chi connectivity index (χ1n) is 13.9. The van der Waals surface area contributed by atoms with Crippen LogP contribution in [-0.2, 0) is 11.2 Å². The minimum Gasteiger partial charge on any atom is -0.378 e. The molecule has 2 fully saturated rings. The van der Waals surface area contributed by atoms with Gasteiger partial charge >= 0.3 is 0 Å². The molecule has 206 valence electrons. The molecule has 0 amide bonds. The molecular formula is C32H37F5O. The van der Waals surface area contributed by atoms with E-state index in [9.17, 15) is 22.0 Å². The van der Waals surface area contributed by atoms with Crippen LogP contribution in [-0.4, -0.2) is 12.7 Å². The maximum absolute atomic E-state index is 14.4. The summed E-state index contributed by atoms with van der Waals surface area (Å²) in [4.78, 5) is 0. The van der Waals surface area contributed by atoms with Crippen molar-refractivity contribution in [2.75, 3.05) is 6.61 Å². The van der Waals surface area contributed by atoms with Crippen molar-refractivity contribution in [2.24, 2.45) is 11.8 Å². The van der Waals surface area contributed by atoms with Gasteiger partial charge in [-0.25, -0.2) is 22.0 Å². The van der Waals surface area contributed by atoms with Gasteiger partial charge in [0, 0.05) is 12.0 Å². The molecule has 1 saturated carbocycles. The van der Waals surface area contributed by atoms with Gasteiger partial charge in [0.05, 0.1) is 12.7 Å². The Kier molecular flexibility index (Phi) is 10.2. The number of aryl methyl sites for hydroxylation is 1. The SMILES string of the molecule is CC=CCCC(F)=C(F)c1ccc(C2CCC(C3CCC(CCc4cc(F)c(F)c(F)c4)OC3)CC2)cc1. The molecule has 2 aromatic carbocycles.